The first-order valence-electron chi connectivity index (χ1n) is 8.54. The van der Waals surface area contributed by atoms with Crippen molar-refractivity contribution in [1.29, 1.82) is 0 Å². The Morgan fingerprint density at radius 3 is 2.77 bits per heavy atom. The smallest absolute Gasteiger partial charge is 0.325 e. The molecule has 2 aromatic rings. The molecular formula is C18H20N4O4. The predicted molar refractivity (Wildman–Crippen MR) is 94.3 cm³/mol. The van der Waals surface area contributed by atoms with Crippen molar-refractivity contribution in [2.45, 2.75) is 6.54 Å². The van der Waals surface area contributed by atoms with Gasteiger partial charge in [0.2, 0.25) is 12.7 Å². The highest BCUT2D eigenvalue weighted by atomic mass is 16.7. The Hall–Kier alpha value is -3.16. The van der Waals surface area contributed by atoms with Crippen LogP contribution in [0.1, 0.15) is 0 Å². The van der Waals surface area contributed by atoms with Crippen LogP contribution in [0.4, 0.5) is 10.5 Å². The van der Waals surface area contributed by atoms with E-state index in [1.807, 2.05) is 35.2 Å². The first-order chi connectivity index (χ1) is 12.7. The molecule has 0 spiro atoms. The molecular weight excluding hydrogens is 336 g/mol. The number of nitrogens with one attached hydrogen (secondary N) is 1. The summed E-state index contributed by atoms with van der Waals surface area (Å²) in [5, 5.41) is 2.85. The van der Waals surface area contributed by atoms with Crippen molar-refractivity contribution in [1.82, 2.24) is 14.8 Å². The van der Waals surface area contributed by atoms with Crippen molar-refractivity contribution in [3.63, 3.8) is 0 Å². The van der Waals surface area contributed by atoms with Gasteiger partial charge in [0.05, 0.1) is 0 Å². The van der Waals surface area contributed by atoms with Gasteiger partial charge in [-0.25, -0.2) is 4.79 Å². The van der Waals surface area contributed by atoms with Gasteiger partial charge in [0, 0.05) is 50.3 Å². The summed E-state index contributed by atoms with van der Waals surface area (Å²) in [6.45, 7) is 2.54. The number of aromatic nitrogens is 1. The van der Waals surface area contributed by atoms with E-state index >= 15 is 0 Å². The predicted octanol–water partition coefficient (Wildman–Crippen LogP) is 1.28. The van der Waals surface area contributed by atoms with Gasteiger partial charge in [0.15, 0.2) is 11.5 Å². The zero-order chi connectivity index (χ0) is 17.9. The minimum absolute atomic E-state index is 0.0611. The highest BCUT2D eigenvalue weighted by Gasteiger charge is 2.31. The number of rotatable bonds is 6. The summed E-state index contributed by atoms with van der Waals surface area (Å²) >= 11 is 0. The van der Waals surface area contributed by atoms with E-state index in [1.165, 1.54) is 0 Å². The maximum absolute atomic E-state index is 12.6. The Morgan fingerprint density at radius 2 is 1.92 bits per heavy atom. The molecule has 136 valence electrons. The summed E-state index contributed by atoms with van der Waals surface area (Å²) in [5.74, 6) is 1.16. The molecule has 0 bridgehead atoms. The average Bonchev–Trinajstić information content (AvgIpc) is 3.37. The molecule has 1 aromatic heterocycles. The van der Waals surface area contributed by atoms with E-state index in [0.29, 0.717) is 37.7 Å². The zero-order valence-corrected chi connectivity index (χ0v) is 14.3. The molecule has 0 aliphatic carbocycles. The van der Waals surface area contributed by atoms with E-state index in [4.69, 9.17) is 9.47 Å². The number of nitrogens with zero attached hydrogens (tertiary/aromatic N) is 3. The molecule has 1 N–H and O–H groups in total. The van der Waals surface area contributed by atoms with Crippen LogP contribution in [-0.2, 0) is 11.3 Å². The zero-order valence-electron chi connectivity index (χ0n) is 14.3. The normalized spacial score (nSPS) is 15.6. The van der Waals surface area contributed by atoms with Crippen LogP contribution in [0.5, 0.6) is 11.5 Å². The van der Waals surface area contributed by atoms with E-state index in [9.17, 15) is 9.59 Å². The number of urea groups is 1. The van der Waals surface area contributed by atoms with Gasteiger partial charge in [-0.15, -0.1) is 0 Å². The monoisotopic (exact) mass is 356 g/mol. The number of carbonyl (C=O) groups excluding carboxylic acids is 2. The lowest BCUT2D eigenvalue weighted by Gasteiger charge is -2.18. The molecule has 26 heavy (non-hydrogen) atoms. The quantitative estimate of drug-likeness (QED) is 0.846. The van der Waals surface area contributed by atoms with Crippen molar-refractivity contribution in [2.75, 3.05) is 37.9 Å². The molecule has 1 fully saturated rings. The SMILES string of the molecule is O=C(CN1CCN(c2ccc3c(c2)OCO3)C1=O)NCCn1cccc1. The molecule has 0 unspecified atom stereocenters. The third kappa shape index (κ3) is 3.30. The maximum Gasteiger partial charge on any atom is 0.325 e. The number of ether oxygens (including phenoxy) is 2. The van der Waals surface area contributed by atoms with E-state index < -0.39 is 0 Å². The van der Waals surface area contributed by atoms with Crippen LogP contribution in [0.25, 0.3) is 0 Å². The third-order valence-corrected chi connectivity index (χ3v) is 4.46. The summed E-state index contributed by atoms with van der Waals surface area (Å²) in [4.78, 5) is 27.9. The largest absolute Gasteiger partial charge is 0.454 e. The molecule has 2 aliphatic heterocycles. The molecule has 8 heteroatoms. The first kappa shape index (κ1) is 16.3. The van der Waals surface area contributed by atoms with Crippen molar-refractivity contribution >= 4 is 17.6 Å². The van der Waals surface area contributed by atoms with Crippen molar-refractivity contribution in [3.05, 3.63) is 42.7 Å². The van der Waals surface area contributed by atoms with Gasteiger partial charge in [-0.3, -0.25) is 9.69 Å². The van der Waals surface area contributed by atoms with Gasteiger partial charge in [-0.2, -0.15) is 0 Å². The minimum Gasteiger partial charge on any atom is -0.454 e. The lowest BCUT2D eigenvalue weighted by atomic mass is 10.2. The van der Waals surface area contributed by atoms with Crippen molar-refractivity contribution in [3.8, 4) is 11.5 Å². The highest BCUT2D eigenvalue weighted by molar-refractivity contribution is 5.96. The van der Waals surface area contributed by atoms with E-state index in [-0.39, 0.29) is 25.3 Å². The number of amides is 3. The number of carbonyl (C=O) groups is 2. The van der Waals surface area contributed by atoms with Crippen LogP contribution < -0.4 is 19.7 Å². The molecule has 1 saturated heterocycles. The summed E-state index contributed by atoms with van der Waals surface area (Å²) in [6.07, 6.45) is 3.89. The van der Waals surface area contributed by atoms with Crippen LogP contribution in [0.3, 0.4) is 0 Å². The highest BCUT2D eigenvalue weighted by Crippen LogP contribution is 2.36. The van der Waals surface area contributed by atoms with Crippen molar-refractivity contribution < 1.29 is 19.1 Å². The lowest BCUT2D eigenvalue weighted by Crippen LogP contribution is -2.40. The molecule has 3 heterocycles. The molecule has 0 atom stereocenters. The van der Waals surface area contributed by atoms with Gasteiger partial charge in [0.25, 0.3) is 0 Å². The Kier molecular flexibility index (Phi) is 4.39. The van der Waals surface area contributed by atoms with Crippen LogP contribution in [0.15, 0.2) is 42.7 Å². The maximum atomic E-state index is 12.6. The van der Waals surface area contributed by atoms with Crippen LogP contribution in [0, 0.1) is 0 Å². The molecule has 4 rings (SSSR count). The van der Waals surface area contributed by atoms with E-state index in [2.05, 4.69) is 5.32 Å². The van der Waals surface area contributed by atoms with Gasteiger partial charge in [-0.1, -0.05) is 0 Å². The van der Waals surface area contributed by atoms with E-state index in [0.717, 1.165) is 5.69 Å². The Morgan fingerprint density at radius 1 is 1.12 bits per heavy atom. The van der Waals surface area contributed by atoms with Crippen LogP contribution >= 0.6 is 0 Å². The Balaban J connectivity index is 1.30. The fourth-order valence-electron chi connectivity index (χ4n) is 3.09. The second-order valence-corrected chi connectivity index (χ2v) is 6.16. The average molecular weight is 356 g/mol. The summed E-state index contributed by atoms with van der Waals surface area (Å²) in [5.41, 5.74) is 0.745. The number of hydrogen-bond donors (Lipinski definition) is 1. The number of fused-ring (bicyclic) bond motifs is 1. The number of benzene rings is 1. The fraction of sp³-hybridized carbons (Fsp3) is 0.333. The molecule has 3 amide bonds. The second kappa shape index (κ2) is 6.99. The lowest BCUT2D eigenvalue weighted by molar-refractivity contribution is -0.121. The molecule has 0 saturated carbocycles. The van der Waals surface area contributed by atoms with Gasteiger partial charge < -0.3 is 24.3 Å². The number of hydrogen-bond acceptors (Lipinski definition) is 4. The fourth-order valence-corrected chi connectivity index (χ4v) is 3.09. The van der Waals surface area contributed by atoms with Crippen LogP contribution in [0.2, 0.25) is 0 Å². The first-order valence-corrected chi connectivity index (χ1v) is 8.54. The molecule has 2 aliphatic rings. The van der Waals surface area contributed by atoms with Gasteiger partial charge in [-0.05, 0) is 24.3 Å². The third-order valence-electron chi connectivity index (χ3n) is 4.46. The van der Waals surface area contributed by atoms with Crippen LogP contribution in [-0.4, -0.2) is 54.4 Å². The molecule has 1 aromatic carbocycles. The Labute approximate surface area is 150 Å². The molecule has 0 radical (unpaired) electrons. The summed E-state index contributed by atoms with van der Waals surface area (Å²) in [7, 11) is 0. The summed E-state index contributed by atoms with van der Waals surface area (Å²) < 4.78 is 12.6. The minimum atomic E-state index is -0.176. The number of anilines is 1. The van der Waals surface area contributed by atoms with E-state index in [1.54, 1.807) is 21.9 Å². The van der Waals surface area contributed by atoms with Crippen molar-refractivity contribution in [2.24, 2.45) is 0 Å². The summed E-state index contributed by atoms with van der Waals surface area (Å²) in [6, 6.07) is 9.11. The molecule has 8 nitrogen and oxygen atoms in total. The standard InChI is InChI=1S/C18H20N4O4/c23-17(19-5-8-20-6-1-2-7-20)12-21-9-10-22(18(21)24)14-3-4-15-16(11-14)26-13-25-15/h1-4,6-7,11H,5,8-10,12-13H2,(H,19,23). The van der Waals surface area contributed by atoms with Gasteiger partial charge >= 0.3 is 6.03 Å². The topological polar surface area (TPSA) is 76.0 Å². The second-order valence-electron chi connectivity index (χ2n) is 6.16. The Bertz CT molecular complexity index is 806. The van der Waals surface area contributed by atoms with Gasteiger partial charge in [0.1, 0.15) is 6.54 Å².